The van der Waals surface area contributed by atoms with Crippen molar-refractivity contribution >= 4 is 33.0 Å². The summed E-state index contributed by atoms with van der Waals surface area (Å²) in [6.07, 6.45) is 0. The molecule has 0 saturated heterocycles. The number of thiophene rings is 1. The molecule has 0 aliphatic heterocycles. The normalized spacial score (nSPS) is 10.3. The molecule has 0 aliphatic rings. The highest BCUT2D eigenvalue weighted by atomic mass is 79.9. The number of hydrogen-bond acceptors (Lipinski definition) is 4. The number of carbonyl (C=O) groups is 1. The SMILES string of the molecule is COc1cc(C(C)=O)ccc1OCc1cc(Br)cs1. The molecule has 5 heteroatoms. The fraction of sp³-hybridized carbons (Fsp3) is 0.214. The minimum absolute atomic E-state index is 0.00652. The van der Waals surface area contributed by atoms with Gasteiger partial charge in [-0.2, -0.15) is 0 Å². The quantitative estimate of drug-likeness (QED) is 0.761. The van der Waals surface area contributed by atoms with Gasteiger partial charge in [0.05, 0.1) is 7.11 Å². The van der Waals surface area contributed by atoms with Crippen molar-refractivity contribution in [2.24, 2.45) is 0 Å². The largest absolute Gasteiger partial charge is 0.493 e. The van der Waals surface area contributed by atoms with Crippen LogP contribution in [-0.4, -0.2) is 12.9 Å². The first kappa shape index (κ1) is 14.1. The van der Waals surface area contributed by atoms with Crippen LogP contribution in [0.5, 0.6) is 11.5 Å². The first-order valence-electron chi connectivity index (χ1n) is 5.65. The van der Waals surface area contributed by atoms with Crippen molar-refractivity contribution in [3.8, 4) is 11.5 Å². The van der Waals surface area contributed by atoms with Crippen LogP contribution in [0.1, 0.15) is 22.2 Å². The molecule has 1 aromatic carbocycles. The van der Waals surface area contributed by atoms with Crippen molar-refractivity contribution in [3.05, 3.63) is 44.6 Å². The van der Waals surface area contributed by atoms with Gasteiger partial charge in [0, 0.05) is 20.3 Å². The third-order valence-corrected chi connectivity index (χ3v) is 4.23. The molecule has 0 saturated carbocycles. The lowest BCUT2D eigenvalue weighted by atomic mass is 10.1. The van der Waals surface area contributed by atoms with Crippen LogP contribution in [0.2, 0.25) is 0 Å². The monoisotopic (exact) mass is 340 g/mol. The first-order chi connectivity index (χ1) is 9.10. The Morgan fingerprint density at radius 1 is 1.32 bits per heavy atom. The number of Topliss-reactive ketones (excluding diaryl/α,β-unsaturated/α-hetero) is 1. The molecule has 19 heavy (non-hydrogen) atoms. The topological polar surface area (TPSA) is 35.5 Å². The Labute approximate surface area is 124 Å². The van der Waals surface area contributed by atoms with Crippen LogP contribution in [0.25, 0.3) is 0 Å². The number of methoxy groups -OCH3 is 1. The van der Waals surface area contributed by atoms with E-state index in [1.165, 1.54) is 6.92 Å². The summed E-state index contributed by atoms with van der Waals surface area (Å²) < 4.78 is 12.0. The zero-order valence-corrected chi connectivity index (χ0v) is 13.0. The Balaban J connectivity index is 2.13. The molecule has 0 spiro atoms. The highest BCUT2D eigenvalue weighted by molar-refractivity contribution is 9.10. The van der Waals surface area contributed by atoms with Gasteiger partial charge in [-0.3, -0.25) is 4.79 Å². The molecule has 2 aromatic rings. The third kappa shape index (κ3) is 3.58. The van der Waals surface area contributed by atoms with Crippen molar-refractivity contribution in [1.29, 1.82) is 0 Å². The summed E-state index contributed by atoms with van der Waals surface area (Å²) in [6.45, 7) is 2.00. The number of rotatable bonds is 5. The predicted molar refractivity (Wildman–Crippen MR) is 79.3 cm³/mol. The number of halogens is 1. The smallest absolute Gasteiger partial charge is 0.161 e. The predicted octanol–water partition coefficient (Wildman–Crippen LogP) is 4.30. The van der Waals surface area contributed by atoms with Gasteiger partial charge in [-0.05, 0) is 47.1 Å². The molecule has 0 atom stereocenters. The molecule has 0 fully saturated rings. The highest BCUT2D eigenvalue weighted by Gasteiger charge is 2.09. The summed E-state index contributed by atoms with van der Waals surface area (Å²) in [6, 6.07) is 7.21. The van der Waals surface area contributed by atoms with Crippen LogP contribution >= 0.6 is 27.3 Å². The summed E-state index contributed by atoms with van der Waals surface area (Å²) in [4.78, 5) is 12.4. The van der Waals surface area contributed by atoms with Crippen LogP contribution in [0, 0.1) is 0 Å². The van der Waals surface area contributed by atoms with Gasteiger partial charge in [0.2, 0.25) is 0 Å². The zero-order chi connectivity index (χ0) is 13.8. The lowest BCUT2D eigenvalue weighted by Crippen LogP contribution is -1.98. The molecular formula is C14H13BrO3S. The van der Waals surface area contributed by atoms with E-state index in [1.54, 1.807) is 36.6 Å². The standard InChI is InChI=1S/C14H13BrO3S/c1-9(16)10-3-4-13(14(5-10)17-2)18-7-12-6-11(15)8-19-12/h3-6,8H,7H2,1-2H3. The first-order valence-corrected chi connectivity index (χ1v) is 7.32. The molecule has 100 valence electrons. The van der Waals surface area contributed by atoms with Crippen LogP contribution in [0.15, 0.2) is 34.1 Å². The Morgan fingerprint density at radius 3 is 2.68 bits per heavy atom. The van der Waals surface area contributed by atoms with E-state index in [4.69, 9.17) is 9.47 Å². The van der Waals surface area contributed by atoms with E-state index < -0.39 is 0 Å². The molecule has 0 amide bonds. The summed E-state index contributed by atoms with van der Waals surface area (Å²) in [5.41, 5.74) is 0.614. The Kier molecular flexibility index (Phi) is 4.61. The van der Waals surface area contributed by atoms with Crippen LogP contribution in [-0.2, 0) is 6.61 Å². The van der Waals surface area contributed by atoms with Gasteiger partial charge in [0.15, 0.2) is 17.3 Å². The van der Waals surface area contributed by atoms with E-state index in [9.17, 15) is 4.79 Å². The zero-order valence-electron chi connectivity index (χ0n) is 10.6. The molecule has 3 nitrogen and oxygen atoms in total. The van der Waals surface area contributed by atoms with E-state index in [0.717, 1.165) is 9.35 Å². The Morgan fingerprint density at radius 2 is 2.11 bits per heavy atom. The fourth-order valence-corrected chi connectivity index (χ4v) is 2.95. The van der Waals surface area contributed by atoms with E-state index in [0.29, 0.717) is 23.7 Å². The van der Waals surface area contributed by atoms with Crippen LogP contribution < -0.4 is 9.47 Å². The molecule has 0 radical (unpaired) electrons. The Hall–Kier alpha value is -1.33. The van der Waals surface area contributed by atoms with Gasteiger partial charge in [0.1, 0.15) is 6.61 Å². The van der Waals surface area contributed by atoms with E-state index >= 15 is 0 Å². The number of ether oxygens (including phenoxy) is 2. The van der Waals surface area contributed by atoms with Gasteiger partial charge >= 0.3 is 0 Å². The van der Waals surface area contributed by atoms with E-state index in [2.05, 4.69) is 15.9 Å². The van der Waals surface area contributed by atoms with Gasteiger partial charge in [0.25, 0.3) is 0 Å². The second-order valence-corrected chi connectivity index (χ2v) is 5.85. The second kappa shape index (κ2) is 6.21. The molecular weight excluding hydrogens is 328 g/mol. The molecule has 0 aliphatic carbocycles. The van der Waals surface area contributed by atoms with Gasteiger partial charge < -0.3 is 9.47 Å². The second-order valence-electron chi connectivity index (χ2n) is 3.94. The van der Waals surface area contributed by atoms with Gasteiger partial charge in [-0.15, -0.1) is 11.3 Å². The van der Waals surface area contributed by atoms with Gasteiger partial charge in [-0.1, -0.05) is 0 Å². The van der Waals surface area contributed by atoms with E-state index in [1.807, 2.05) is 11.4 Å². The van der Waals surface area contributed by atoms with Crippen molar-refractivity contribution in [2.45, 2.75) is 13.5 Å². The minimum Gasteiger partial charge on any atom is -0.493 e. The summed E-state index contributed by atoms with van der Waals surface area (Å²) >= 11 is 5.03. The average molecular weight is 341 g/mol. The number of hydrogen-bond donors (Lipinski definition) is 0. The van der Waals surface area contributed by atoms with Crippen LogP contribution in [0.3, 0.4) is 0 Å². The molecule has 0 N–H and O–H groups in total. The highest BCUT2D eigenvalue weighted by Crippen LogP contribution is 2.30. The average Bonchev–Trinajstić information content (AvgIpc) is 2.81. The van der Waals surface area contributed by atoms with Crippen LogP contribution in [0.4, 0.5) is 0 Å². The molecule has 2 rings (SSSR count). The lowest BCUT2D eigenvalue weighted by molar-refractivity contribution is 0.101. The lowest BCUT2D eigenvalue weighted by Gasteiger charge is -2.10. The molecule has 1 heterocycles. The van der Waals surface area contributed by atoms with E-state index in [-0.39, 0.29) is 5.78 Å². The third-order valence-electron chi connectivity index (χ3n) is 2.56. The van der Waals surface area contributed by atoms with Gasteiger partial charge in [-0.25, -0.2) is 0 Å². The molecule has 0 unspecified atom stereocenters. The fourth-order valence-electron chi connectivity index (χ4n) is 1.58. The number of ketones is 1. The summed E-state index contributed by atoms with van der Waals surface area (Å²) in [7, 11) is 1.56. The minimum atomic E-state index is 0.00652. The maximum atomic E-state index is 11.3. The number of carbonyl (C=O) groups excluding carboxylic acids is 1. The molecule has 0 bridgehead atoms. The van der Waals surface area contributed by atoms with Crippen molar-refractivity contribution in [2.75, 3.05) is 7.11 Å². The molecule has 1 aromatic heterocycles. The summed E-state index contributed by atoms with van der Waals surface area (Å²) in [5, 5.41) is 2.01. The number of benzene rings is 1. The maximum Gasteiger partial charge on any atom is 0.161 e. The van der Waals surface area contributed by atoms with Crippen molar-refractivity contribution in [3.63, 3.8) is 0 Å². The Bertz CT molecular complexity index is 592. The van der Waals surface area contributed by atoms with Crippen molar-refractivity contribution in [1.82, 2.24) is 0 Å². The maximum absolute atomic E-state index is 11.3. The van der Waals surface area contributed by atoms with Crippen molar-refractivity contribution < 1.29 is 14.3 Å². The summed E-state index contributed by atoms with van der Waals surface area (Å²) in [5.74, 6) is 1.22.